The van der Waals surface area contributed by atoms with E-state index in [-0.39, 0.29) is 5.91 Å². The van der Waals surface area contributed by atoms with Crippen molar-refractivity contribution in [1.29, 1.82) is 0 Å². The molecule has 2 bridgehead atoms. The Morgan fingerprint density at radius 1 is 1.32 bits per heavy atom. The summed E-state index contributed by atoms with van der Waals surface area (Å²) in [5.74, 6) is 2.56. The molecule has 2 saturated carbocycles. The molecule has 3 atom stereocenters. The molecule has 1 aromatic rings. The average Bonchev–Trinajstić information content (AvgIpc) is 2.99. The standard InChI is InChI=1S/C16H20ClNO/c17-15-3-1-2-12(8-15)10-18-16(19)9-14-7-11-4-5-13(14)6-11/h1-3,8,11,13-14H,4-7,9-10H2,(H,18,19)/t11-,13+,14-/m1/s1. The van der Waals surface area contributed by atoms with Crippen molar-refractivity contribution in [2.24, 2.45) is 17.8 Å². The quantitative estimate of drug-likeness (QED) is 0.891. The van der Waals surface area contributed by atoms with E-state index in [4.69, 9.17) is 11.6 Å². The molecule has 0 aromatic heterocycles. The van der Waals surface area contributed by atoms with Crippen molar-refractivity contribution >= 4 is 17.5 Å². The van der Waals surface area contributed by atoms with Crippen LogP contribution in [-0.2, 0) is 11.3 Å². The number of benzene rings is 1. The van der Waals surface area contributed by atoms with Gasteiger partial charge >= 0.3 is 0 Å². The highest BCUT2D eigenvalue weighted by Crippen LogP contribution is 2.49. The molecule has 0 spiro atoms. The maximum atomic E-state index is 12.0. The van der Waals surface area contributed by atoms with E-state index in [9.17, 15) is 4.79 Å². The second-order valence-electron chi connectivity index (χ2n) is 6.05. The van der Waals surface area contributed by atoms with Crippen LogP contribution < -0.4 is 5.32 Å². The van der Waals surface area contributed by atoms with Gasteiger partial charge in [0.2, 0.25) is 5.91 Å². The van der Waals surface area contributed by atoms with Crippen LogP contribution in [0.1, 0.15) is 37.7 Å². The van der Waals surface area contributed by atoms with Crippen molar-refractivity contribution in [1.82, 2.24) is 5.32 Å². The summed E-state index contributed by atoms with van der Waals surface area (Å²) < 4.78 is 0. The summed E-state index contributed by atoms with van der Waals surface area (Å²) in [6.07, 6.45) is 6.09. The maximum Gasteiger partial charge on any atom is 0.220 e. The Morgan fingerprint density at radius 3 is 2.89 bits per heavy atom. The fourth-order valence-electron chi connectivity index (χ4n) is 3.78. The Hall–Kier alpha value is -1.02. The molecule has 2 aliphatic rings. The Bertz CT molecular complexity index is 474. The predicted octanol–water partition coefficient (Wildman–Crippen LogP) is 3.78. The lowest BCUT2D eigenvalue weighted by molar-refractivity contribution is -0.122. The molecule has 0 heterocycles. The molecule has 19 heavy (non-hydrogen) atoms. The van der Waals surface area contributed by atoms with Gasteiger partial charge in [-0.3, -0.25) is 4.79 Å². The van der Waals surface area contributed by atoms with Gasteiger partial charge in [-0.1, -0.05) is 30.2 Å². The van der Waals surface area contributed by atoms with Gasteiger partial charge in [0, 0.05) is 18.0 Å². The first-order chi connectivity index (χ1) is 9.20. The van der Waals surface area contributed by atoms with Crippen LogP contribution in [0.4, 0.5) is 0 Å². The van der Waals surface area contributed by atoms with Crippen LogP contribution in [0.3, 0.4) is 0 Å². The fraction of sp³-hybridized carbons (Fsp3) is 0.562. The number of nitrogens with one attached hydrogen (secondary N) is 1. The van der Waals surface area contributed by atoms with Gasteiger partial charge in [0.25, 0.3) is 0 Å². The zero-order valence-corrected chi connectivity index (χ0v) is 11.8. The number of amides is 1. The van der Waals surface area contributed by atoms with Crippen molar-refractivity contribution < 1.29 is 4.79 Å². The van der Waals surface area contributed by atoms with Gasteiger partial charge in [0.1, 0.15) is 0 Å². The Labute approximate surface area is 119 Å². The van der Waals surface area contributed by atoms with Crippen molar-refractivity contribution in [3.05, 3.63) is 34.9 Å². The highest BCUT2D eigenvalue weighted by atomic mass is 35.5. The van der Waals surface area contributed by atoms with E-state index in [0.29, 0.717) is 18.9 Å². The maximum absolute atomic E-state index is 12.0. The van der Waals surface area contributed by atoms with Crippen LogP contribution in [0.5, 0.6) is 0 Å². The number of fused-ring (bicyclic) bond motifs is 2. The number of rotatable bonds is 4. The number of hydrogen-bond acceptors (Lipinski definition) is 1. The molecule has 1 N–H and O–H groups in total. The molecule has 102 valence electrons. The largest absolute Gasteiger partial charge is 0.352 e. The lowest BCUT2D eigenvalue weighted by Gasteiger charge is -2.20. The van der Waals surface area contributed by atoms with E-state index >= 15 is 0 Å². The zero-order chi connectivity index (χ0) is 13.2. The van der Waals surface area contributed by atoms with Crippen LogP contribution in [0, 0.1) is 17.8 Å². The van der Waals surface area contributed by atoms with Crippen LogP contribution in [0.2, 0.25) is 5.02 Å². The highest BCUT2D eigenvalue weighted by Gasteiger charge is 2.39. The SMILES string of the molecule is O=C(C[C@H]1C[C@@H]2CC[C@H]1C2)NCc1cccc(Cl)c1. The second kappa shape index (κ2) is 5.54. The summed E-state index contributed by atoms with van der Waals surface area (Å²) in [5.41, 5.74) is 1.06. The zero-order valence-electron chi connectivity index (χ0n) is 11.1. The molecule has 3 rings (SSSR count). The molecular weight excluding hydrogens is 258 g/mol. The third-order valence-corrected chi connectivity index (χ3v) is 4.95. The Morgan fingerprint density at radius 2 is 2.21 bits per heavy atom. The molecular formula is C16H20ClNO. The molecule has 0 aliphatic heterocycles. The van der Waals surface area contributed by atoms with Gasteiger partial charge < -0.3 is 5.32 Å². The summed E-state index contributed by atoms with van der Waals surface area (Å²) >= 11 is 5.93. The normalized spacial score (nSPS) is 28.6. The third kappa shape index (κ3) is 3.11. The van der Waals surface area contributed by atoms with Gasteiger partial charge in [-0.15, -0.1) is 0 Å². The van der Waals surface area contributed by atoms with E-state index < -0.39 is 0 Å². The third-order valence-electron chi connectivity index (χ3n) is 4.71. The Balaban J connectivity index is 1.47. The minimum Gasteiger partial charge on any atom is -0.352 e. The number of hydrogen-bond donors (Lipinski definition) is 1. The van der Waals surface area contributed by atoms with Crippen molar-refractivity contribution in [2.45, 2.75) is 38.6 Å². The smallest absolute Gasteiger partial charge is 0.220 e. The van der Waals surface area contributed by atoms with Crippen molar-refractivity contribution in [2.75, 3.05) is 0 Å². The molecule has 0 saturated heterocycles. The topological polar surface area (TPSA) is 29.1 Å². The van der Waals surface area contributed by atoms with E-state index in [1.54, 1.807) is 0 Å². The first-order valence-corrected chi connectivity index (χ1v) is 7.59. The molecule has 1 amide bonds. The first kappa shape index (κ1) is 13.0. The van der Waals surface area contributed by atoms with Crippen LogP contribution in [0.25, 0.3) is 0 Å². The number of carbonyl (C=O) groups is 1. The Kier molecular flexibility index (Phi) is 3.79. The molecule has 3 heteroatoms. The summed E-state index contributed by atoms with van der Waals surface area (Å²) in [6, 6.07) is 7.66. The second-order valence-corrected chi connectivity index (χ2v) is 6.48. The van der Waals surface area contributed by atoms with Gasteiger partial charge in [0.05, 0.1) is 0 Å². The summed E-state index contributed by atoms with van der Waals surface area (Å²) in [7, 11) is 0. The minimum atomic E-state index is 0.192. The monoisotopic (exact) mass is 277 g/mol. The van der Waals surface area contributed by atoms with Gasteiger partial charge in [-0.2, -0.15) is 0 Å². The average molecular weight is 278 g/mol. The molecule has 2 fully saturated rings. The van der Waals surface area contributed by atoms with Crippen molar-refractivity contribution in [3.8, 4) is 0 Å². The molecule has 0 unspecified atom stereocenters. The summed E-state index contributed by atoms with van der Waals surface area (Å²) in [4.78, 5) is 12.0. The lowest BCUT2D eigenvalue weighted by atomic mass is 9.86. The van der Waals surface area contributed by atoms with Crippen LogP contribution in [0.15, 0.2) is 24.3 Å². The van der Waals surface area contributed by atoms with E-state index in [2.05, 4.69) is 5.32 Å². The number of carbonyl (C=O) groups excluding carboxylic acids is 1. The minimum absolute atomic E-state index is 0.192. The molecule has 1 aromatic carbocycles. The molecule has 2 nitrogen and oxygen atoms in total. The lowest BCUT2D eigenvalue weighted by Crippen LogP contribution is -2.26. The van der Waals surface area contributed by atoms with Gasteiger partial charge in [-0.05, 0) is 54.7 Å². The van der Waals surface area contributed by atoms with Gasteiger partial charge in [-0.25, -0.2) is 0 Å². The van der Waals surface area contributed by atoms with Gasteiger partial charge in [0.15, 0.2) is 0 Å². The molecule has 2 aliphatic carbocycles. The fourth-order valence-corrected chi connectivity index (χ4v) is 4.00. The van der Waals surface area contributed by atoms with Crippen molar-refractivity contribution in [3.63, 3.8) is 0 Å². The molecule has 0 radical (unpaired) electrons. The predicted molar refractivity (Wildman–Crippen MR) is 76.9 cm³/mol. The number of halogens is 1. The van der Waals surface area contributed by atoms with E-state index in [1.165, 1.54) is 25.7 Å². The summed E-state index contributed by atoms with van der Waals surface area (Å²) in [6.45, 7) is 0.584. The first-order valence-electron chi connectivity index (χ1n) is 7.22. The van der Waals surface area contributed by atoms with E-state index in [0.717, 1.165) is 22.4 Å². The summed E-state index contributed by atoms with van der Waals surface area (Å²) in [5, 5.41) is 3.74. The van der Waals surface area contributed by atoms with Crippen LogP contribution >= 0.6 is 11.6 Å². The van der Waals surface area contributed by atoms with E-state index in [1.807, 2.05) is 24.3 Å². The highest BCUT2D eigenvalue weighted by molar-refractivity contribution is 6.30. The van der Waals surface area contributed by atoms with Crippen LogP contribution in [-0.4, -0.2) is 5.91 Å².